The largest absolute Gasteiger partial charge is 0.465 e. The van der Waals surface area contributed by atoms with Crippen LogP contribution < -0.4 is 0 Å². The maximum atomic E-state index is 12.9. The van der Waals surface area contributed by atoms with E-state index in [1.807, 2.05) is 13.8 Å². The Hall–Kier alpha value is -0.480. The summed E-state index contributed by atoms with van der Waals surface area (Å²) in [6, 6.07) is 0. The molecule has 1 heterocycles. The van der Waals surface area contributed by atoms with Gasteiger partial charge in [-0.3, -0.25) is 0 Å². The number of hydrogen-bond acceptors (Lipinski definition) is 9. The highest BCUT2D eigenvalue weighted by atomic mass is 32.2. The van der Waals surface area contributed by atoms with Crippen LogP contribution in [-0.4, -0.2) is 49.2 Å². The minimum absolute atomic E-state index is 0.332. The lowest BCUT2D eigenvalue weighted by molar-refractivity contribution is 0.0549. The Bertz CT molecular complexity index is 821. The second-order valence-electron chi connectivity index (χ2n) is 5.55. The van der Waals surface area contributed by atoms with E-state index < -0.39 is 11.9 Å². The quantitative estimate of drug-likeness (QED) is 0.263. The Labute approximate surface area is 193 Å². The molecule has 0 aliphatic carbocycles. The van der Waals surface area contributed by atoms with Crippen molar-refractivity contribution < 1.29 is 19.1 Å². The summed E-state index contributed by atoms with van der Waals surface area (Å²) in [5.74, 6) is 2.44. The lowest BCUT2D eigenvalue weighted by Gasteiger charge is -2.18. The summed E-state index contributed by atoms with van der Waals surface area (Å²) >= 11 is 8.48. The summed E-state index contributed by atoms with van der Waals surface area (Å²) in [6.45, 7) is 8.35. The van der Waals surface area contributed by atoms with Gasteiger partial charge in [0.1, 0.15) is 0 Å². The van der Waals surface area contributed by atoms with E-state index in [2.05, 4.69) is 13.8 Å². The third kappa shape index (κ3) is 5.06. The standard InChI is InChI=1S/C20H26O4S5/c1-7-25-15-11(17(21)23-5)12(18(22)24-6)16(26-8-2)14-13(15)19(27-9-3)29-20(14)28-10-4/h7-10H2,1-6H3. The molecule has 0 unspecified atom stereocenters. The highest BCUT2D eigenvalue weighted by Gasteiger charge is 2.33. The van der Waals surface area contributed by atoms with Crippen LogP contribution in [0.15, 0.2) is 18.2 Å². The lowest BCUT2D eigenvalue weighted by atomic mass is 10.0. The Balaban J connectivity index is 3.14. The molecule has 1 aromatic carbocycles. The van der Waals surface area contributed by atoms with Gasteiger partial charge in [-0.1, -0.05) is 27.7 Å². The molecule has 0 saturated carbocycles. The van der Waals surface area contributed by atoms with E-state index in [4.69, 9.17) is 9.47 Å². The summed E-state index contributed by atoms with van der Waals surface area (Å²) < 4.78 is 12.6. The van der Waals surface area contributed by atoms with Crippen molar-refractivity contribution in [3.05, 3.63) is 11.1 Å². The van der Waals surface area contributed by atoms with Crippen LogP contribution in [0.1, 0.15) is 48.4 Å². The number of thioether (sulfide) groups is 4. The molecule has 0 radical (unpaired) electrons. The molecule has 0 atom stereocenters. The molecule has 0 aliphatic heterocycles. The topological polar surface area (TPSA) is 52.6 Å². The summed E-state index contributed by atoms with van der Waals surface area (Å²) in [6.07, 6.45) is 0. The van der Waals surface area contributed by atoms with Crippen molar-refractivity contribution in [3.8, 4) is 0 Å². The van der Waals surface area contributed by atoms with Crippen molar-refractivity contribution in [2.24, 2.45) is 0 Å². The van der Waals surface area contributed by atoms with Crippen LogP contribution in [0.4, 0.5) is 0 Å². The molecule has 4 nitrogen and oxygen atoms in total. The van der Waals surface area contributed by atoms with E-state index in [9.17, 15) is 9.59 Å². The Morgan fingerprint density at radius 2 is 1.03 bits per heavy atom. The molecule has 160 valence electrons. The fourth-order valence-corrected chi connectivity index (χ4v) is 8.95. The predicted molar refractivity (Wildman–Crippen MR) is 130 cm³/mol. The molecule has 2 aromatic rings. The molecule has 0 amide bonds. The number of benzene rings is 1. The average Bonchev–Trinajstić information content (AvgIpc) is 3.07. The number of carbonyl (C=O) groups is 2. The van der Waals surface area contributed by atoms with Crippen molar-refractivity contribution in [2.45, 2.75) is 45.9 Å². The van der Waals surface area contributed by atoms with Gasteiger partial charge in [0.05, 0.1) is 33.8 Å². The van der Waals surface area contributed by atoms with Gasteiger partial charge in [-0.2, -0.15) is 0 Å². The Morgan fingerprint density at radius 1 is 0.690 bits per heavy atom. The van der Waals surface area contributed by atoms with E-state index >= 15 is 0 Å². The fraction of sp³-hybridized carbons (Fsp3) is 0.500. The van der Waals surface area contributed by atoms with Gasteiger partial charge in [-0.25, -0.2) is 9.59 Å². The van der Waals surface area contributed by atoms with Crippen LogP contribution in [-0.2, 0) is 9.47 Å². The maximum Gasteiger partial charge on any atom is 0.339 e. The Kier molecular flexibility index (Phi) is 10.1. The number of fused-ring (bicyclic) bond motifs is 1. The Morgan fingerprint density at radius 3 is 1.31 bits per heavy atom. The monoisotopic (exact) mass is 490 g/mol. The van der Waals surface area contributed by atoms with Crippen molar-refractivity contribution >= 4 is 81.1 Å². The molecule has 2 rings (SSSR count). The van der Waals surface area contributed by atoms with Crippen LogP contribution >= 0.6 is 58.4 Å². The van der Waals surface area contributed by atoms with Crippen molar-refractivity contribution in [1.29, 1.82) is 0 Å². The van der Waals surface area contributed by atoms with E-state index in [1.165, 1.54) is 22.6 Å². The predicted octanol–water partition coefficient (Wildman–Crippen LogP) is 6.92. The van der Waals surface area contributed by atoms with Gasteiger partial charge >= 0.3 is 11.9 Å². The van der Waals surface area contributed by atoms with Gasteiger partial charge in [0.15, 0.2) is 0 Å². The van der Waals surface area contributed by atoms with Crippen molar-refractivity contribution in [1.82, 2.24) is 0 Å². The van der Waals surface area contributed by atoms with E-state index in [-0.39, 0.29) is 0 Å². The molecular formula is C20H26O4S5. The minimum Gasteiger partial charge on any atom is -0.465 e. The summed E-state index contributed by atoms with van der Waals surface area (Å²) in [4.78, 5) is 27.4. The molecule has 0 saturated heterocycles. The molecule has 29 heavy (non-hydrogen) atoms. The summed E-state index contributed by atoms with van der Waals surface area (Å²) in [5, 5.41) is 2.15. The van der Waals surface area contributed by atoms with Crippen molar-refractivity contribution in [2.75, 3.05) is 37.2 Å². The first-order valence-corrected chi connectivity index (χ1v) is 14.1. The van der Waals surface area contributed by atoms with Crippen LogP contribution in [0, 0.1) is 0 Å². The zero-order valence-electron chi connectivity index (χ0n) is 17.5. The van der Waals surface area contributed by atoms with Crippen molar-refractivity contribution in [3.63, 3.8) is 0 Å². The number of rotatable bonds is 10. The fourth-order valence-electron chi connectivity index (χ4n) is 2.92. The molecule has 0 bridgehead atoms. The lowest BCUT2D eigenvalue weighted by Crippen LogP contribution is -2.15. The second-order valence-corrected chi connectivity index (χ2v) is 12.2. The zero-order valence-corrected chi connectivity index (χ0v) is 21.6. The van der Waals surface area contributed by atoms with Crippen LogP contribution in [0.3, 0.4) is 0 Å². The third-order valence-corrected chi connectivity index (χ3v) is 9.38. The first kappa shape index (κ1) is 24.8. The van der Waals surface area contributed by atoms with Gasteiger partial charge in [-0.05, 0) is 23.0 Å². The molecule has 9 heteroatoms. The number of thiophene rings is 1. The SMILES string of the molecule is CCSc1sc(SCC)c2c(SCC)c(C(=O)OC)c(C(=O)OC)c(SCC)c12. The van der Waals surface area contributed by atoms with E-state index in [0.29, 0.717) is 11.1 Å². The summed E-state index contributed by atoms with van der Waals surface area (Å²) in [5.41, 5.74) is 0.664. The number of carbonyl (C=O) groups excluding carboxylic acids is 2. The van der Waals surface area contributed by atoms with Gasteiger partial charge < -0.3 is 9.47 Å². The van der Waals surface area contributed by atoms with Gasteiger partial charge in [-0.15, -0.1) is 58.4 Å². The number of hydrogen-bond donors (Lipinski definition) is 0. The molecular weight excluding hydrogens is 465 g/mol. The van der Waals surface area contributed by atoms with Crippen LogP contribution in [0.5, 0.6) is 0 Å². The number of esters is 2. The van der Waals surface area contributed by atoms with Gasteiger partial charge in [0.2, 0.25) is 0 Å². The molecule has 0 fully saturated rings. The first-order valence-electron chi connectivity index (χ1n) is 9.34. The van der Waals surface area contributed by atoms with Gasteiger partial charge in [0, 0.05) is 20.6 Å². The highest BCUT2D eigenvalue weighted by Crippen LogP contribution is 2.52. The molecule has 0 N–H and O–H groups in total. The van der Waals surface area contributed by atoms with Gasteiger partial charge in [0.25, 0.3) is 0 Å². The third-order valence-electron chi connectivity index (χ3n) is 3.91. The van der Waals surface area contributed by atoms with E-state index in [1.54, 1.807) is 58.4 Å². The van der Waals surface area contributed by atoms with Crippen LogP contribution in [0.25, 0.3) is 10.8 Å². The number of ether oxygens (including phenoxy) is 2. The summed E-state index contributed by atoms with van der Waals surface area (Å²) in [7, 11) is 2.71. The highest BCUT2D eigenvalue weighted by molar-refractivity contribution is 8.04. The average molecular weight is 491 g/mol. The first-order chi connectivity index (χ1) is 14.0. The smallest absolute Gasteiger partial charge is 0.339 e. The molecule has 0 aliphatic rings. The van der Waals surface area contributed by atoms with E-state index in [0.717, 1.165) is 43.6 Å². The zero-order chi connectivity index (χ0) is 21.6. The molecule has 1 aromatic heterocycles. The second kappa shape index (κ2) is 11.8. The maximum absolute atomic E-state index is 12.9. The van der Waals surface area contributed by atoms with Crippen LogP contribution in [0.2, 0.25) is 0 Å². The normalized spacial score (nSPS) is 11.1. The molecule has 0 spiro atoms. The number of methoxy groups -OCH3 is 2. The minimum atomic E-state index is -0.496.